The summed E-state index contributed by atoms with van der Waals surface area (Å²) in [6.07, 6.45) is 2.66. The van der Waals surface area contributed by atoms with E-state index in [1.54, 1.807) is 0 Å². The highest BCUT2D eigenvalue weighted by Gasteiger charge is 2.49. The van der Waals surface area contributed by atoms with E-state index >= 15 is 0 Å². The summed E-state index contributed by atoms with van der Waals surface area (Å²) in [5.41, 5.74) is 1.22. The summed E-state index contributed by atoms with van der Waals surface area (Å²) in [6, 6.07) is 0. The van der Waals surface area contributed by atoms with E-state index in [2.05, 4.69) is 0 Å². The molecular weight excluding hydrogens is 268 g/mol. The average Bonchev–Trinajstić information content (AvgIpc) is 2.41. The lowest BCUT2D eigenvalue weighted by molar-refractivity contribution is -0.144. The van der Waals surface area contributed by atoms with Gasteiger partial charge in [-0.3, -0.25) is 14.4 Å². The fourth-order valence-corrected chi connectivity index (χ4v) is 3.73. The van der Waals surface area contributed by atoms with Gasteiger partial charge in [-0.05, 0) is 33.1 Å². The van der Waals surface area contributed by atoms with Crippen molar-refractivity contribution < 1.29 is 19.1 Å². The Morgan fingerprint density at radius 3 is 2.67 bits per heavy atom. The molecule has 3 atom stereocenters. The zero-order chi connectivity index (χ0) is 15.8. The van der Waals surface area contributed by atoms with E-state index in [0.717, 1.165) is 17.6 Å². The van der Waals surface area contributed by atoms with Crippen LogP contribution in [0.25, 0.3) is 0 Å². The third kappa shape index (κ3) is 2.81. The Labute approximate surface area is 125 Å². The van der Waals surface area contributed by atoms with E-state index in [1.165, 1.54) is 6.92 Å². The molecule has 4 heteroatoms. The molecule has 0 heterocycles. The van der Waals surface area contributed by atoms with Crippen molar-refractivity contribution in [1.82, 2.24) is 0 Å². The van der Waals surface area contributed by atoms with Crippen molar-refractivity contribution >= 4 is 17.5 Å². The van der Waals surface area contributed by atoms with Gasteiger partial charge in [0, 0.05) is 30.8 Å². The minimum Gasteiger partial charge on any atom is -0.466 e. The molecule has 0 bridgehead atoms. The highest BCUT2D eigenvalue weighted by Crippen LogP contribution is 2.48. The minimum atomic E-state index is -0.586. The number of fused-ring (bicyclic) bond motifs is 1. The molecule has 0 aromatic rings. The van der Waals surface area contributed by atoms with E-state index in [1.807, 2.05) is 20.8 Å². The maximum atomic E-state index is 12.9. The largest absolute Gasteiger partial charge is 0.466 e. The summed E-state index contributed by atoms with van der Waals surface area (Å²) in [4.78, 5) is 36.1. The molecule has 1 fully saturated rings. The first kappa shape index (κ1) is 15.9. The molecule has 2 rings (SSSR count). The third-order valence-electron chi connectivity index (χ3n) is 5.10. The molecule has 0 N–H and O–H groups in total. The van der Waals surface area contributed by atoms with Crippen LogP contribution in [0.3, 0.4) is 0 Å². The highest BCUT2D eigenvalue weighted by atomic mass is 16.5. The molecule has 116 valence electrons. The number of Topliss-reactive ketones (excluding diaryl/α,β-unsaturated/α-hetero) is 2. The lowest BCUT2D eigenvalue weighted by Crippen LogP contribution is -2.45. The summed E-state index contributed by atoms with van der Waals surface area (Å²) in [7, 11) is 0. The first-order chi connectivity index (χ1) is 9.77. The number of ether oxygens (including phenoxy) is 1. The Hall–Kier alpha value is -1.45. The number of hydrogen-bond donors (Lipinski definition) is 0. The van der Waals surface area contributed by atoms with Crippen LogP contribution in [-0.4, -0.2) is 24.1 Å². The zero-order valence-corrected chi connectivity index (χ0v) is 13.3. The van der Waals surface area contributed by atoms with Crippen LogP contribution in [0.15, 0.2) is 11.1 Å². The predicted octanol–water partition coefficient (Wildman–Crippen LogP) is 2.85. The second kappa shape index (κ2) is 5.74. The van der Waals surface area contributed by atoms with Gasteiger partial charge in [0.25, 0.3) is 0 Å². The lowest BCUT2D eigenvalue weighted by atomic mass is 9.59. The molecule has 1 saturated carbocycles. The minimum absolute atomic E-state index is 0.0109. The molecule has 0 amide bonds. The molecule has 0 spiro atoms. The van der Waals surface area contributed by atoms with Gasteiger partial charge >= 0.3 is 5.97 Å². The van der Waals surface area contributed by atoms with Gasteiger partial charge in [-0.1, -0.05) is 12.5 Å². The standard InChI is InChI=1S/C17H24O4/c1-10-5-6-14(19)17(4)8-7-13(16(20)15(10)17)11(2)9-21-12(3)18/h11,13H,5-9H2,1-4H3/t11-,13+,17+/m1/s1. The van der Waals surface area contributed by atoms with Crippen LogP contribution in [-0.2, 0) is 19.1 Å². The van der Waals surface area contributed by atoms with Gasteiger partial charge in [-0.15, -0.1) is 0 Å². The van der Waals surface area contributed by atoms with Crippen molar-refractivity contribution in [2.24, 2.45) is 17.3 Å². The van der Waals surface area contributed by atoms with Crippen LogP contribution < -0.4 is 0 Å². The zero-order valence-electron chi connectivity index (χ0n) is 13.3. The predicted molar refractivity (Wildman–Crippen MR) is 78.6 cm³/mol. The fraction of sp³-hybridized carbons (Fsp3) is 0.706. The van der Waals surface area contributed by atoms with Gasteiger partial charge in [0.2, 0.25) is 0 Å². The summed E-state index contributed by atoms with van der Waals surface area (Å²) < 4.78 is 5.04. The Morgan fingerprint density at radius 1 is 1.38 bits per heavy atom. The van der Waals surface area contributed by atoms with Crippen LogP contribution in [0.1, 0.15) is 53.4 Å². The first-order valence-electron chi connectivity index (χ1n) is 7.68. The van der Waals surface area contributed by atoms with Crippen LogP contribution in [0.2, 0.25) is 0 Å². The van der Waals surface area contributed by atoms with Crippen molar-refractivity contribution in [3.63, 3.8) is 0 Å². The van der Waals surface area contributed by atoms with Crippen LogP contribution in [0.4, 0.5) is 0 Å². The summed E-state index contributed by atoms with van der Waals surface area (Å²) in [5, 5.41) is 0. The Bertz CT molecular complexity index is 517. The monoisotopic (exact) mass is 292 g/mol. The molecule has 4 nitrogen and oxygen atoms in total. The highest BCUT2D eigenvalue weighted by molar-refractivity contribution is 6.08. The summed E-state index contributed by atoms with van der Waals surface area (Å²) >= 11 is 0. The van der Waals surface area contributed by atoms with Crippen molar-refractivity contribution in [1.29, 1.82) is 0 Å². The van der Waals surface area contributed by atoms with E-state index < -0.39 is 5.41 Å². The molecule has 0 aromatic heterocycles. The van der Waals surface area contributed by atoms with Gasteiger partial charge in [0.1, 0.15) is 5.78 Å². The lowest BCUT2D eigenvalue weighted by Gasteiger charge is -2.42. The number of allylic oxidation sites excluding steroid dienone is 2. The molecule has 0 saturated heterocycles. The Kier molecular flexibility index (Phi) is 4.35. The second-order valence-electron chi connectivity index (χ2n) is 6.70. The maximum Gasteiger partial charge on any atom is 0.302 e. The second-order valence-corrected chi connectivity index (χ2v) is 6.70. The molecule has 0 aliphatic heterocycles. The molecular formula is C17H24O4. The first-order valence-corrected chi connectivity index (χ1v) is 7.68. The number of ketones is 2. The molecule has 0 radical (unpaired) electrons. The van der Waals surface area contributed by atoms with Crippen molar-refractivity contribution in [2.75, 3.05) is 6.61 Å². The fourth-order valence-electron chi connectivity index (χ4n) is 3.73. The Morgan fingerprint density at radius 2 is 2.05 bits per heavy atom. The van der Waals surface area contributed by atoms with Gasteiger partial charge in [0.15, 0.2) is 5.78 Å². The summed E-state index contributed by atoms with van der Waals surface area (Å²) in [6.45, 7) is 7.46. The topological polar surface area (TPSA) is 60.4 Å². The summed E-state index contributed by atoms with van der Waals surface area (Å²) in [5.74, 6) is -0.189. The number of rotatable bonds is 3. The number of carbonyl (C=O) groups is 3. The molecule has 0 unspecified atom stereocenters. The van der Waals surface area contributed by atoms with Gasteiger partial charge in [0.05, 0.1) is 12.0 Å². The van der Waals surface area contributed by atoms with E-state index in [4.69, 9.17) is 4.74 Å². The van der Waals surface area contributed by atoms with Gasteiger partial charge < -0.3 is 4.74 Å². The number of carbonyl (C=O) groups excluding carboxylic acids is 3. The van der Waals surface area contributed by atoms with Crippen LogP contribution in [0.5, 0.6) is 0 Å². The van der Waals surface area contributed by atoms with E-state index in [-0.39, 0.29) is 36.0 Å². The van der Waals surface area contributed by atoms with Crippen LogP contribution >= 0.6 is 0 Å². The Balaban J connectivity index is 2.23. The molecule has 0 aromatic carbocycles. The normalized spacial score (nSPS) is 31.0. The SMILES string of the molecule is CC(=O)OC[C@@H](C)[C@@H]1CC[C@@]2(C)C(=O)CCC(C)=C2C1=O. The number of esters is 1. The molecule has 2 aliphatic rings. The molecule has 2 aliphatic carbocycles. The third-order valence-corrected chi connectivity index (χ3v) is 5.10. The van der Waals surface area contributed by atoms with Crippen LogP contribution in [0, 0.1) is 17.3 Å². The van der Waals surface area contributed by atoms with E-state index in [9.17, 15) is 14.4 Å². The van der Waals surface area contributed by atoms with Gasteiger partial charge in [-0.25, -0.2) is 0 Å². The quantitative estimate of drug-likeness (QED) is 0.750. The maximum absolute atomic E-state index is 12.9. The van der Waals surface area contributed by atoms with E-state index in [0.29, 0.717) is 19.3 Å². The van der Waals surface area contributed by atoms with Crippen molar-refractivity contribution in [3.8, 4) is 0 Å². The average molecular weight is 292 g/mol. The molecule has 21 heavy (non-hydrogen) atoms. The smallest absolute Gasteiger partial charge is 0.302 e. The van der Waals surface area contributed by atoms with Crippen molar-refractivity contribution in [3.05, 3.63) is 11.1 Å². The van der Waals surface area contributed by atoms with Gasteiger partial charge in [-0.2, -0.15) is 0 Å². The van der Waals surface area contributed by atoms with Crippen molar-refractivity contribution in [2.45, 2.75) is 53.4 Å². The number of hydrogen-bond acceptors (Lipinski definition) is 4.